The summed E-state index contributed by atoms with van der Waals surface area (Å²) < 4.78 is 94.4. The van der Waals surface area contributed by atoms with Crippen molar-refractivity contribution in [1.29, 1.82) is 0 Å². The maximum absolute atomic E-state index is 13.3. The molecule has 0 aromatic heterocycles. The second-order valence-corrected chi connectivity index (χ2v) is 7.52. The first-order valence-corrected chi connectivity index (χ1v) is 9.35. The molecule has 1 N–H and O–H groups in total. The second-order valence-electron chi connectivity index (χ2n) is 5.86. The summed E-state index contributed by atoms with van der Waals surface area (Å²) in [5.41, 5.74) is 0.842. The van der Waals surface area contributed by atoms with E-state index in [0.29, 0.717) is 17.2 Å². The van der Waals surface area contributed by atoms with E-state index in [-0.39, 0.29) is 38.0 Å². The van der Waals surface area contributed by atoms with Crippen molar-refractivity contribution in [2.75, 3.05) is 0 Å². The second kappa shape index (κ2) is 9.48. The lowest BCUT2D eigenvalue weighted by Crippen LogP contribution is -2.58. The van der Waals surface area contributed by atoms with E-state index >= 15 is 0 Å². The normalized spacial score (nSPS) is 13.0. The van der Waals surface area contributed by atoms with Crippen LogP contribution in [0.25, 0.3) is 0 Å². The minimum Gasteiger partial charge on any atom is -0.487 e. The minimum absolute atomic E-state index is 0.0132. The van der Waals surface area contributed by atoms with Crippen LogP contribution in [0, 0.1) is 0 Å². The fourth-order valence-electron chi connectivity index (χ4n) is 2.04. The largest absolute Gasteiger partial charge is 0.487 e. The van der Waals surface area contributed by atoms with Gasteiger partial charge in [0.1, 0.15) is 12.4 Å². The molecular formula is C17H9Cl4F7N2O. The molecule has 14 heteroatoms. The van der Waals surface area contributed by atoms with Crippen molar-refractivity contribution < 1.29 is 35.5 Å². The van der Waals surface area contributed by atoms with Gasteiger partial charge in [0.2, 0.25) is 0 Å². The van der Waals surface area contributed by atoms with Crippen molar-refractivity contribution in [1.82, 2.24) is 5.43 Å². The highest BCUT2D eigenvalue weighted by Gasteiger charge is 2.73. The monoisotopic (exact) mass is 530 g/mol. The molecule has 2 aromatic carbocycles. The molecule has 0 aliphatic rings. The third-order valence-electron chi connectivity index (χ3n) is 3.56. The molecule has 0 bridgehead atoms. The van der Waals surface area contributed by atoms with E-state index < -0.39 is 18.1 Å². The SMILES string of the molecule is FC(F)(F)C(F)(F)C(F)(F)N/N=C\c1cc(Cl)cc(Cl)c1OCc1ccc(Cl)c(Cl)c1. The van der Waals surface area contributed by atoms with Crippen LogP contribution in [0.3, 0.4) is 0 Å². The van der Waals surface area contributed by atoms with Crippen LogP contribution in [0.4, 0.5) is 30.7 Å². The number of hydrogen-bond donors (Lipinski definition) is 1. The highest BCUT2D eigenvalue weighted by Crippen LogP contribution is 2.45. The third kappa shape index (κ3) is 6.00. The molecule has 0 heterocycles. The summed E-state index contributed by atoms with van der Waals surface area (Å²) in [6.45, 7) is -0.144. The number of alkyl halides is 7. The zero-order valence-corrected chi connectivity index (χ0v) is 17.7. The van der Waals surface area contributed by atoms with E-state index in [1.807, 2.05) is 0 Å². The van der Waals surface area contributed by atoms with Gasteiger partial charge in [0.25, 0.3) is 0 Å². The lowest BCUT2D eigenvalue weighted by Gasteiger charge is -2.27. The molecule has 170 valence electrons. The highest BCUT2D eigenvalue weighted by molar-refractivity contribution is 6.42. The summed E-state index contributed by atoms with van der Waals surface area (Å²) in [4.78, 5) is 0. The van der Waals surface area contributed by atoms with Crippen molar-refractivity contribution in [3.8, 4) is 5.75 Å². The van der Waals surface area contributed by atoms with Gasteiger partial charge in [-0.15, -0.1) is 0 Å². The molecule has 0 unspecified atom stereocenters. The standard InChI is InChI=1S/C17H9Cl4F7N2O/c18-10-4-9(6-29-30-17(27,28)15(22,23)16(24,25)26)14(13(21)5-10)31-7-8-1-2-11(19)12(20)3-8/h1-6,30H,7H2/b29-6-. The van der Waals surface area contributed by atoms with Crippen LogP contribution in [0.2, 0.25) is 20.1 Å². The number of benzene rings is 2. The number of nitrogens with zero attached hydrogens (tertiary/aromatic N) is 1. The van der Waals surface area contributed by atoms with Crippen LogP contribution in [0.5, 0.6) is 5.75 Å². The van der Waals surface area contributed by atoms with Gasteiger partial charge >= 0.3 is 18.1 Å². The van der Waals surface area contributed by atoms with E-state index in [1.54, 1.807) is 6.07 Å². The third-order valence-corrected chi connectivity index (χ3v) is 4.80. The molecule has 3 nitrogen and oxygen atoms in total. The molecule has 0 fully saturated rings. The number of rotatable bonds is 7. The average molecular weight is 532 g/mol. The maximum atomic E-state index is 13.3. The minimum atomic E-state index is -6.51. The molecule has 2 rings (SSSR count). The Labute approximate surface area is 190 Å². The van der Waals surface area contributed by atoms with Gasteiger partial charge in [0.15, 0.2) is 0 Å². The van der Waals surface area contributed by atoms with Crippen LogP contribution in [-0.2, 0) is 6.61 Å². The average Bonchev–Trinajstić information content (AvgIpc) is 2.62. The Bertz CT molecular complexity index is 984. The quantitative estimate of drug-likeness (QED) is 0.173. The number of hydrazone groups is 1. The zero-order chi connectivity index (χ0) is 23.6. The molecule has 0 amide bonds. The first-order valence-electron chi connectivity index (χ1n) is 7.84. The van der Waals surface area contributed by atoms with Gasteiger partial charge in [-0.25, -0.2) is 5.43 Å². The summed E-state index contributed by atoms with van der Waals surface area (Å²) in [6.07, 6.45) is -6.01. The lowest BCUT2D eigenvalue weighted by molar-refractivity contribution is -0.361. The fraction of sp³-hybridized carbons (Fsp3) is 0.235. The van der Waals surface area contributed by atoms with E-state index in [4.69, 9.17) is 51.1 Å². The van der Waals surface area contributed by atoms with Crippen LogP contribution < -0.4 is 10.2 Å². The molecule has 0 saturated carbocycles. The van der Waals surface area contributed by atoms with E-state index in [2.05, 4.69) is 5.10 Å². The maximum Gasteiger partial charge on any atom is 0.462 e. The van der Waals surface area contributed by atoms with Gasteiger partial charge in [-0.3, -0.25) is 0 Å². The molecule has 2 aromatic rings. The Morgan fingerprint density at radius 1 is 0.871 bits per heavy atom. The van der Waals surface area contributed by atoms with Crippen molar-refractivity contribution >= 4 is 52.6 Å². The summed E-state index contributed by atoms with van der Waals surface area (Å²) in [7, 11) is 0. The van der Waals surface area contributed by atoms with Gasteiger partial charge in [-0.1, -0.05) is 52.5 Å². The first-order chi connectivity index (χ1) is 14.2. The number of ether oxygens (including phenoxy) is 1. The van der Waals surface area contributed by atoms with Crippen molar-refractivity contribution in [2.24, 2.45) is 5.10 Å². The summed E-state index contributed by atoms with van der Waals surface area (Å²) in [5, 5.41) is 3.16. The molecular weight excluding hydrogens is 523 g/mol. The predicted molar refractivity (Wildman–Crippen MR) is 104 cm³/mol. The van der Waals surface area contributed by atoms with Crippen LogP contribution in [0.1, 0.15) is 11.1 Å². The van der Waals surface area contributed by atoms with Crippen molar-refractivity contribution in [3.63, 3.8) is 0 Å². The predicted octanol–water partition coefficient (Wildman–Crippen LogP) is 7.59. The van der Waals surface area contributed by atoms with Crippen molar-refractivity contribution in [2.45, 2.75) is 24.8 Å². The van der Waals surface area contributed by atoms with E-state index in [1.165, 1.54) is 18.2 Å². The zero-order valence-electron chi connectivity index (χ0n) is 14.7. The highest BCUT2D eigenvalue weighted by atomic mass is 35.5. The van der Waals surface area contributed by atoms with Crippen LogP contribution in [-0.4, -0.2) is 24.4 Å². The lowest BCUT2D eigenvalue weighted by atomic mass is 10.2. The summed E-state index contributed by atoms with van der Waals surface area (Å²) in [6, 6.07) is 1.13. The topological polar surface area (TPSA) is 33.6 Å². The van der Waals surface area contributed by atoms with Gasteiger partial charge in [0, 0.05) is 10.6 Å². The molecule has 0 atom stereocenters. The Morgan fingerprint density at radius 2 is 1.52 bits per heavy atom. The van der Waals surface area contributed by atoms with Crippen LogP contribution in [0.15, 0.2) is 35.4 Å². The molecule has 0 aliphatic heterocycles. The Kier molecular flexibility index (Phi) is 7.84. The molecule has 0 radical (unpaired) electrons. The smallest absolute Gasteiger partial charge is 0.462 e. The molecule has 0 saturated heterocycles. The fourth-order valence-corrected chi connectivity index (χ4v) is 2.93. The van der Waals surface area contributed by atoms with E-state index in [0.717, 1.165) is 6.07 Å². The van der Waals surface area contributed by atoms with Gasteiger partial charge < -0.3 is 4.74 Å². The summed E-state index contributed by atoms with van der Waals surface area (Å²) >= 11 is 23.5. The Hall–Kier alpha value is -1.62. The van der Waals surface area contributed by atoms with E-state index in [9.17, 15) is 30.7 Å². The number of hydrogen-bond acceptors (Lipinski definition) is 3. The van der Waals surface area contributed by atoms with Crippen molar-refractivity contribution in [3.05, 3.63) is 61.5 Å². The Balaban J connectivity index is 2.25. The molecule has 31 heavy (non-hydrogen) atoms. The Morgan fingerprint density at radius 3 is 2.10 bits per heavy atom. The molecule has 0 aliphatic carbocycles. The number of halogens is 11. The van der Waals surface area contributed by atoms with Gasteiger partial charge in [-0.05, 0) is 29.8 Å². The van der Waals surface area contributed by atoms with Gasteiger partial charge in [-0.2, -0.15) is 35.8 Å². The number of nitrogens with one attached hydrogen (secondary N) is 1. The van der Waals surface area contributed by atoms with Gasteiger partial charge in [0.05, 0.1) is 21.3 Å². The summed E-state index contributed by atoms with van der Waals surface area (Å²) in [5.74, 6) is -6.54. The van der Waals surface area contributed by atoms with Crippen LogP contribution >= 0.6 is 46.4 Å². The first kappa shape index (κ1) is 25.6. The molecule has 0 spiro atoms.